The van der Waals surface area contributed by atoms with Crippen molar-refractivity contribution >= 4 is 11.6 Å². The summed E-state index contributed by atoms with van der Waals surface area (Å²) in [6.45, 7) is 6.22. The van der Waals surface area contributed by atoms with Gasteiger partial charge in [0.05, 0.1) is 6.61 Å². The summed E-state index contributed by atoms with van der Waals surface area (Å²) in [5, 5.41) is 16.1. The van der Waals surface area contributed by atoms with Gasteiger partial charge in [-0.25, -0.2) is 9.97 Å². The minimum Gasteiger partial charge on any atom is -0.396 e. The molecule has 5 nitrogen and oxygen atoms in total. The Morgan fingerprint density at radius 2 is 1.89 bits per heavy atom. The molecule has 0 atom stereocenters. The molecule has 1 aliphatic rings. The van der Waals surface area contributed by atoms with Crippen LogP contribution >= 0.6 is 0 Å². The van der Waals surface area contributed by atoms with Crippen LogP contribution in [0.25, 0.3) is 0 Å². The van der Waals surface area contributed by atoms with Crippen LogP contribution in [0.2, 0.25) is 0 Å². The molecule has 1 aromatic rings. The molecule has 0 radical (unpaired) electrons. The quantitative estimate of drug-likeness (QED) is 0.670. The van der Waals surface area contributed by atoms with Crippen LogP contribution in [-0.4, -0.2) is 34.8 Å². The fourth-order valence-electron chi connectivity index (χ4n) is 2.13. The van der Waals surface area contributed by atoms with E-state index in [0.717, 1.165) is 56.0 Å². The molecule has 0 aromatic carbocycles. The van der Waals surface area contributed by atoms with Crippen molar-refractivity contribution in [3.8, 4) is 0 Å². The molecule has 1 fully saturated rings. The van der Waals surface area contributed by atoms with Crippen molar-refractivity contribution in [2.24, 2.45) is 5.41 Å². The Morgan fingerprint density at radius 1 is 1.21 bits per heavy atom. The van der Waals surface area contributed by atoms with Gasteiger partial charge in [-0.2, -0.15) is 0 Å². The summed E-state index contributed by atoms with van der Waals surface area (Å²) in [4.78, 5) is 8.66. The molecular weight excluding hydrogens is 240 g/mol. The first-order valence-corrected chi connectivity index (χ1v) is 7.17. The van der Waals surface area contributed by atoms with E-state index < -0.39 is 0 Å². The standard InChI is InChI=1S/C14H24N4O/c1-3-7-15-12-11(4-2)13(18-10-17-12)16-8-14(9-19)5-6-14/h10,19H,3-9H2,1-2H3,(H2,15,16,17,18). The molecule has 106 valence electrons. The van der Waals surface area contributed by atoms with E-state index in [1.165, 1.54) is 0 Å². The zero-order valence-electron chi connectivity index (χ0n) is 11.9. The lowest BCUT2D eigenvalue weighted by molar-refractivity contribution is 0.219. The van der Waals surface area contributed by atoms with Gasteiger partial charge < -0.3 is 15.7 Å². The maximum atomic E-state index is 9.35. The molecule has 1 aliphatic carbocycles. The van der Waals surface area contributed by atoms with E-state index >= 15 is 0 Å². The van der Waals surface area contributed by atoms with Crippen LogP contribution in [0.5, 0.6) is 0 Å². The largest absolute Gasteiger partial charge is 0.396 e. The van der Waals surface area contributed by atoms with Gasteiger partial charge in [-0.3, -0.25) is 0 Å². The highest BCUT2D eigenvalue weighted by Gasteiger charge is 2.41. The highest BCUT2D eigenvalue weighted by molar-refractivity contribution is 5.57. The molecular formula is C14H24N4O. The Hall–Kier alpha value is -1.36. The highest BCUT2D eigenvalue weighted by Crippen LogP contribution is 2.45. The molecule has 0 unspecified atom stereocenters. The number of nitrogens with zero attached hydrogens (tertiary/aromatic N) is 2. The van der Waals surface area contributed by atoms with E-state index in [2.05, 4.69) is 34.4 Å². The number of aliphatic hydroxyl groups is 1. The van der Waals surface area contributed by atoms with Crippen molar-refractivity contribution in [2.45, 2.75) is 39.5 Å². The van der Waals surface area contributed by atoms with Crippen molar-refractivity contribution < 1.29 is 5.11 Å². The predicted molar refractivity (Wildman–Crippen MR) is 77.4 cm³/mol. The lowest BCUT2D eigenvalue weighted by atomic mass is 10.1. The SMILES string of the molecule is CCCNc1ncnc(NCC2(CO)CC2)c1CC. The number of hydrogen-bond donors (Lipinski definition) is 3. The van der Waals surface area contributed by atoms with E-state index in [1.54, 1.807) is 6.33 Å². The summed E-state index contributed by atoms with van der Waals surface area (Å²) in [6.07, 6.45) is 5.76. The topological polar surface area (TPSA) is 70.1 Å². The first-order valence-electron chi connectivity index (χ1n) is 7.17. The number of aromatic nitrogens is 2. The van der Waals surface area contributed by atoms with Crippen molar-refractivity contribution in [1.82, 2.24) is 9.97 Å². The van der Waals surface area contributed by atoms with Crippen molar-refractivity contribution in [3.63, 3.8) is 0 Å². The van der Waals surface area contributed by atoms with E-state index in [0.29, 0.717) is 0 Å². The summed E-state index contributed by atoms with van der Waals surface area (Å²) in [5.74, 6) is 1.83. The fraction of sp³-hybridized carbons (Fsp3) is 0.714. The summed E-state index contributed by atoms with van der Waals surface area (Å²) < 4.78 is 0. The Morgan fingerprint density at radius 3 is 2.42 bits per heavy atom. The van der Waals surface area contributed by atoms with Gasteiger partial charge in [0.25, 0.3) is 0 Å². The Balaban J connectivity index is 2.06. The van der Waals surface area contributed by atoms with Crippen molar-refractivity contribution in [2.75, 3.05) is 30.3 Å². The van der Waals surface area contributed by atoms with Crippen LogP contribution in [0.15, 0.2) is 6.33 Å². The van der Waals surface area contributed by atoms with Gasteiger partial charge in [0.2, 0.25) is 0 Å². The van der Waals surface area contributed by atoms with Crippen LogP contribution in [0.1, 0.15) is 38.7 Å². The Kier molecular flexibility index (Phi) is 4.58. The molecule has 19 heavy (non-hydrogen) atoms. The molecule has 0 amide bonds. The van der Waals surface area contributed by atoms with E-state index in [9.17, 15) is 5.11 Å². The normalized spacial score (nSPS) is 16.2. The van der Waals surface area contributed by atoms with Crippen LogP contribution < -0.4 is 10.6 Å². The third-order valence-corrected chi connectivity index (χ3v) is 3.76. The number of nitrogens with one attached hydrogen (secondary N) is 2. The van der Waals surface area contributed by atoms with Gasteiger partial charge in [0, 0.05) is 24.1 Å². The minimum absolute atomic E-state index is 0.0902. The van der Waals surface area contributed by atoms with E-state index in [1.807, 2.05) is 0 Å². The molecule has 5 heteroatoms. The summed E-state index contributed by atoms with van der Waals surface area (Å²) >= 11 is 0. The van der Waals surface area contributed by atoms with Gasteiger partial charge in [-0.1, -0.05) is 13.8 Å². The van der Waals surface area contributed by atoms with Crippen molar-refractivity contribution in [3.05, 3.63) is 11.9 Å². The molecule has 2 rings (SSSR count). The molecule has 1 saturated carbocycles. The van der Waals surface area contributed by atoms with Crippen LogP contribution in [0.3, 0.4) is 0 Å². The number of anilines is 2. The zero-order valence-corrected chi connectivity index (χ0v) is 11.9. The monoisotopic (exact) mass is 264 g/mol. The second-order valence-corrected chi connectivity index (χ2v) is 5.34. The van der Waals surface area contributed by atoms with Gasteiger partial charge in [-0.15, -0.1) is 0 Å². The smallest absolute Gasteiger partial charge is 0.134 e. The Bertz CT molecular complexity index is 418. The number of hydrogen-bond acceptors (Lipinski definition) is 5. The first-order chi connectivity index (χ1) is 9.24. The first kappa shape index (κ1) is 14.1. The predicted octanol–water partition coefficient (Wildman–Crippen LogP) is 2.05. The van der Waals surface area contributed by atoms with E-state index in [-0.39, 0.29) is 12.0 Å². The third kappa shape index (κ3) is 3.35. The molecule has 0 aliphatic heterocycles. The molecule has 3 N–H and O–H groups in total. The average molecular weight is 264 g/mol. The van der Waals surface area contributed by atoms with Crippen LogP contribution in [0.4, 0.5) is 11.6 Å². The average Bonchev–Trinajstić information content (AvgIpc) is 3.23. The Labute approximate surface area is 114 Å². The highest BCUT2D eigenvalue weighted by atomic mass is 16.3. The summed E-state index contributed by atoms with van der Waals surface area (Å²) in [7, 11) is 0. The van der Waals surface area contributed by atoms with Gasteiger partial charge in [-0.05, 0) is 25.7 Å². The van der Waals surface area contributed by atoms with Crippen LogP contribution in [0, 0.1) is 5.41 Å². The maximum absolute atomic E-state index is 9.35. The maximum Gasteiger partial charge on any atom is 0.134 e. The molecule has 1 aromatic heterocycles. The molecule has 0 spiro atoms. The molecule has 1 heterocycles. The van der Waals surface area contributed by atoms with Gasteiger partial charge in [0.1, 0.15) is 18.0 Å². The lowest BCUT2D eigenvalue weighted by Crippen LogP contribution is -2.21. The second kappa shape index (κ2) is 6.19. The lowest BCUT2D eigenvalue weighted by Gasteiger charge is -2.17. The van der Waals surface area contributed by atoms with Crippen LogP contribution in [-0.2, 0) is 6.42 Å². The van der Waals surface area contributed by atoms with Crippen molar-refractivity contribution in [1.29, 1.82) is 0 Å². The summed E-state index contributed by atoms with van der Waals surface area (Å²) in [5.41, 5.74) is 1.22. The number of aliphatic hydroxyl groups excluding tert-OH is 1. The summed E-state index contributed by atoms with van der Waals surface area (Å²) in [6, 6.07) is 0. The fourth-order valence-corrected chi connectivity index (χ4v) is 2.13. The third-order valence-electron chi connectivity index (χ3n) is 3.76. The minimum atomic E-state index is 0.0902. The van der Waals surface area contributed by atoms with E-state index in [4.69, 9.17) is 0 Å². The van der Waals surface area contributed by atoms with Gasteiger partial charge in [0.15, 0.2) is 0 Å². The molecule has 0 saturated heterocycles. The molecule has 0 bridgehead atoms. The van der Waals surface area contributed by atoms with Gasteiger partial charge >= 0.3 is 0 Å². The number of rotatable bonds is 8. The zero-order chi connectivity index (χ0) is 13.7. The second-order valence-electron chi connectivity index (χ2n) is 5.34.